The number of imidazole rings is 1. The Morgan fingerprint density at radius 2 is 2.07 bits per heavy atom. The second-order valence-electron chi connectivity index (χ2n) is 8.42. The molecule has 0 spiro atoms. The van der Waals surface area contributed by atoms with Crippen LogP contribution in [0.25, 0.3) is 22.1 Å². The molecule has 150 valence electrons. The molecule has 3 aromatic heterocycles. The summed E-state index contributed by atoms with van der Waals surface area (Å²) in [6, 6.07) is 2.52. The van der Waals surface area contributed by atoms with Crippen molar-refractivity contribution in [3.05, 3.63) is 24.3 Å². The van der Waals surface area contributed by atoms with E-state index in [1.54, 1.807) is 13.1 Å². The third-order valence-electron chi connectivity index (χ3n) is 5.66. The maximum Gasteiger partial charge on any atom is 0.220 e. The van der Waals surface area contributed by atoms with Gasteiger partial charge in [-0.05, 0) is 44.6 Å². The van der Waals surface area contributed by atoms with Crippen molar-refractivity contribution in [2.45, 2.75) is 71.1 Å². The summed E-state index contributed by atoms with van der Waals surface area (Å²) in [5.74, 6) is 1.22. The van der Waals surface area contributed by atoms with Crippen LogP contribution < -0.4 is 5.32 Å². The van der Waals surface area contributed by atoms with Crippen LogP contribution in [0.3, 0.4) is 0 Å². The predicted molar refractivity (Wildman–Crippen MR) is 109 cm³/mol. The fourth-order valence-electron chi connectivity index (χ4n) is 4.41. The Morgan fingerprint density at radius 1 is 1.32 bits per heavy atom. The SMILES string of the molecule is CC(C)CC(=O)NC1CCC(n2c([C@@H](C)O)nc3cnc4[nH]ccc4c32)CC1. The average molecular weight is 383 g/mol. The number of carbonyl (C=O) groups excluding carboxylic acids is 1. The molecule has 0 radical (unpaired) electrons. The summed E-state index contributed by atoms with van der Waals surface area (Å²) in [5, 5.41) is 14.6. The standard InChI is InChI=1S/C21H29N5O2/c1-12(2)10-18(28)24-14-4-6-15(7-5-14)26-19-16-8-9-22-20(16)23-11-17(19)25-21(26)13(3)27/h8-9,11-15,27H,4-7,10H2,1-3H3,(H,22,23)(H,24,28)/t13-,14?,15?/m1/s1. The zero-order valence-corrected chi connectivity index (χ0v) is 16.8. The van der Waals surface area contributed by atoms with Gasteiger partial charge < -0.3 is 20.0 Å². The van der Waals surface area contributed by atoms with Crippen LogP contribution in [0.2, 0.25) is 0 Å². The minimum atomic E-state index is -0.648. The first kappa shape index (κ1) is 18.9. The first-order valence-electron chi connectivity index (χ1n) is 10.3. The number of nitrogens with zero attached hydrogens (tertiary/aromatic N) is 3. The van der Waals surface area contributed by atoms with Gasteiger partial charge in [-0.25, -0.2) is 9.97 Å². The van der Waals surface area contributed by atoms with E-state index in [9.17, 15) is 9.90 Å². The highest BCUT2D eigenvalue weighted by Gasteiger charge is 2.28. The highest BCUT2D eigenvalue weighted by molar-refractivity contribution is 6.01. The van der Waals surface area contributed by atoms with Crippen molar-refractivity contribution in [1.82, 2.24) is 24.8 Å². The first-order chi connectivity index (χ1) is 13.4. The molecule has 1 aliphatic carbocycles. The van der Waals surface area contributed by atoms with Gasteiger partial charge in [-0.15, -0.1) is 0 Å². The van der Waals surface area contributed by atoms with Gasteiger partial charge in [-0.3, -0.25) is 4.79 Å². The fourth-order valence-corrected chi connectivity index (χ4v) is 4.41. The number of amides is 1. The smallest absolute Gasteiger partial charge is 0.220 e. The van der Waals surface area contributed by atoms with Crippen molar-refractivity contribution >= 4 is 28.0 Å². The summed E-state index contributed by atoms with van der Waals surface area (Å²) < 4.78 is 2.21. The van der Waals surface area contributed by atoms with Crippen molar-refractivity contribution in [3.63, 3.8) is 0 Å². The molecule has 7 heteroatoms. The van der Waals surface area contributed by atoms with Gasteiger partial charge in [-0.2, -0.15) is 0 Å². The average Bonchev–Trinajstić information content (AvgIpc) is 3.25. The van der Waals surface area contributed by atoms with E-state index in [0.717, 1.165) is 47.8 Å². The van der Waals surface area contributed by atoms with E-state index in [4.69, 9.17) is 0 Å². The van der Waals surface area contributed by atoms with E-state index >= 15 is 0 Å². The van der Waals surface area contributed by atoms with Crippen LogP contribution in [0.15, 0.2) is 18.5 Å². The minimum Gasteiger partial charge on any atom is -0.385 e. The lowest BCUT2D eigenvalue weighted by Crippen LogP contribution is -2.38. The minimum absolute atomic E-state index is 0.149. The Hall–Kier alpha value is -2.41. The summed E-state index contributed by atoms with van der Waals surface area (Å²) in [5.41, 5.74) is 2.69. The van der Waals surface area contributed by atoms with Gasteiger partial charge >= 0.3 is 0 Å². The number of hydrogen-bond donors (Lipinski definition) is 3. The van der Waals surface area contributed by atoms with Gasteiger partial charge in [0.25, 0.3) is 0 Å². The number of hydrogen-bond acceptors (Lipinski definition) is 4. The number of carbonyl (C=O) groups is 1. The van der Waals surface area contributed by atoms with Gasteiger partial charge in [0.2, 0.25) is 5.91 Å². The van der Waals surface area contributed by atoms with Crippen molar-refractivity contribution in [3.8, 4) is 0 Å². The molecular formula is C21H29N5O2. The second-order valence-corrected chi connectivity index (χ2v) is 8.42. The zero-order valence-electron chi connectivity index (χ0n) is 16.8. The van der Waals surface area contributed by atoms with Crippen LogP contribution >= 0.6 is 0 Å². The molecule has 28 heavy (non-hydrogen) atoms. The van der Waals surface area contributed by atoms with Gasteiger partial charge in [0.1, 0.15) is 23.1 Å². The number of nitrogens with one attached hydrogen (secondary N) is 2. The monoisotopic (exact) mass is 383 g/mol. The molecule has 3 aromatic rings. The summed E-state index contributed by atoms with van der Waals surface area (Å²) in [7, 11) is 0. The van der Waals surface area contributed by atoms with Crippen LogP contribution in [0.4, 0.5) is 0 Å². The van der Waals surface area contributed by atoms with Crippen LogP contribution in [-0.2, 0) is 4.79 Å². The number of rotatable bonds is 5. The first-order valence-corrected chi connectivity index (χ1v) is 10.3. The third kappa shape index (κ3) is 3.51. The van der Waals surface area contributed by atoms with E-state index in [1.807, 2.05) is 12.3 Å². The van der Waals surface area contributed by atoms with E-state index in [1.165, 1.54) is 0 Å². The van der Waals surface area contributed by atoms with E-state index < -0.39 is 6.10 Å². The van der Waals surface area contributed by atoms with Gasteiger partial charge in [-0.1, -0.05) is 13.8 Å². The molecule has 0 saturated heterocycles. The summed E-state index contributed by atoms with van der Waals surface area (Å²) in [6.45, 7) is 5.89. The highest BCUT2D eigenvalue weighted by atomic mass is 16.3. The number of pyridine rings is 1. The van der Waals surface area contributed by atoms with Crippen LogP contribution in [0, 0.1) is 5.92 Å². The normalized spacial score (nSPS) is 21.5. The number of H-pyrrole nitrogens is 1. The Morgan fingerprint density at radius 3 is 2.75 bits per heavy atom. The molecule has 1 aliphatic rings. The summed E-state index contributed by atoms with van der Waals surface area (Å²) in [6.07, 6.45) is 7.37. The van der Waals surface area contributed by atoms with Crippen molar-refractivity contribution in [2.24, 2.45) is 5.92 Å². The Balaban J connectivity index is 1.60. The molecule has 0 unspecified atom stereocenters. The molecule has 1 fully saturated rings. The number of fused-ring (bicyclic) bond motifs is 3. The second kappa shape index (κ2) is 7.54. The molecule has 0 aromatic carbocycles. The van der Waals surface area contributed by atoms with Crippen molar-refractivity contribution in [1.29, 1.82) is 0 Å². The van der Waals surface area contributed by atoms with Gasteiger partial charge in [0.15, 0.2) is 0 Å². The lowest BCUT2D eigenvalue weighted by molar-refractivity contribution is -0.122. The number of aliphatic hydroxyl groups is 1. The van der Waals surface area contributed by atoms with Crippen LogP contribution in [0.1, 0.15) is 70.8 Å². The molecular weight excluding hydrogens is 354 g/mol. The molecule has 1 atom stereocenters. The topological polar surface area (TPSA) is 95.8 Å². The maximum absolute atomic E-state index is 12.1. The molecule has 1 amide bonds. The lowest BCUT2D eigenvalue weighted by atomic mass is 9.90. The van der Waals surface area contributed by atoms with Crippen molar-refractivity contribution in [2.75, 3.05) is 0 Å². The van der Waals surface area contributed by atoms with E-state index in [0.29, 0.717) is 18.2 Å². The largest absolute Gasteiger partial charge is 0.385 e. The summed E-state index contributed by atoms with van der Waals surface area (Å²) >= 11 is 0. The zero-order chi connectivity index (χ0) is 19.8. The highest BCUT2D eigenvalue weighted by Crippen LogP contribution is 2.36. The van der Waals surface area contributed by atoms with Crippen LogP contribution in [-0.4, -0.2) is 36.6 Å². The van der Waals surface area contributed by atoms with Crippen molar-refractivity contribution < 1.29 is 9.90 Å². The van der Waals surface area contributed by atoms with Crippen LogP contribution in [0.5, 0.6) is 0 Å². The molecule has 3 N–H and O–H groups in total. The Kier molecular flexibility index (Phi) is 5.10. The molecule has 7 nitrogen and oxygen atoms in total. The van der Waals surface area contributed by atoms with Gasteiger partial charge in [0, 0.05) is 30.1 Å². The molecule has 4 rings (SSSR count). The molecule has 0 bridgehead atoms. The molecule has 3 heterocycles. The fraction of sp³-hybridized carbons (Fsp3) is 0.571. The Bertz CT molecular complexity index is 979. The maximum atomic E-state index is 12.1. The lowest BCUT2D eigenvalue weighted by Gasteiger charge is -2.31. The quantitative estimate of drug-likeness (QED) is 0.627. The Labute approximate surface area is 164 Å². The number of aromatic amines is 1. The third-order valence-corrected chi connectivity index (χ3v) is 5.66. The van der Waals surface area contributed by atoms with Gasteiger partial charge in [0.05, 0.1) is 11.7 Å². The number of aliphatic hydroxyl groups excluding tert-OH is 1. The van der Waals surface area contributed by atoms with E-state index in [2.05, 4.69) is 38.7 Å². The predicted octanol–water partition coefficient (Wildman–Crippen LogP) is 3.61. The van der Waals surface area contributed by atoms with E-state index in [-0.39, 0.29) is 18.0 Å². The molecule has 1 saturated carbocycles. The summed E-state index contributed by atoms with van der Waals surface area (Å²) in [4.78, 5) is 24.4. The number of aromatic nitrogens is 4. The molecule has 0 aliphatic heterocycles.